The molecule has 112 valence electrons. The lowest BCUT2D eigenvalue weighted by atomic mass is 9.83. The molecular formula is C14H18N4O3. The van der Waals surface area contributed by atoms with Crippen molar-refractivity contribution < 1.29 is 14.4 Å². The van der Waals surface area contributed by atoms with Crippen LogP contribution in [0.3, 0.4) is 0 Å². The van der Waals surface area contributed by atoms with Gasteiger partial charge in [0.2, 0.25) is 5.91 Å². The largest absolute Gasteiger partial charge is 0.391 e. The third-order valence-corrected chi connectivity index (χ3v) is 3.70. The maximum Gasteiger partial charge on any atom is 0.226 e. The number of rotatable bonds is 4. The van der Waals surface area contributed by atoms with Crippen molar-refractivity contribution in [3.63, 3.8) is 0 Å². The summed E-state index contributed by atoms with van der Waals surface area (Å²) in [5.41, 5.74) is 1.63. The maximum atomic E-state index is 12.0. The van der Waals surface area contributed by atoms with Crippen molar-refractivity contribution in [2.24, 2.45) is 0 Å². The van der Waals surface area contributed by atoms with E-state index in [4.69, 9.17) is 4.52 Å². The fraction of sp³-hybridized carbons (Fsp3) is 0.500. The lowest BCUT2D eigenvalue weighted by molar-refractivity contribution is -0.124. The molecule has 2 aromatic rings. The summed E-state index contributed by atoms with van der Waals surface area (Å²) in [6, 6.07) is 1.42. The molecule has 3 rings (SSSR count). The van der Waals surface area contributed by atoms with Gasteiger partial charge in [0.15, 0.2) is 0 Å². The molecule has 2 aromatic heterocycles. The highest BCUT2D eigenvalue weighted by atomic mass is 16.5. The highest BCUT2D eigenvalue weighted by Gasteiger charge is 2.42. The van der Waals surface area contributed by atoms with Gasteiger partial charge in [0.05, 0.1) is 36.5 Å². The predicted octanol–water partition coefficient (Wildman–Crippen LogP) is 0.521. The van der Waals surface area contributed by atoms with Crippen molar-refractivity contribution in [3.8, 4) is 0 Å². The fourth-order valence-electron chi connectivity index (χ4n) is 2.64. The van der Waals surface area contributed by atoms with E-state index in [1.165, 1.54) is 0 Å². The minimum absolute atomic E-state index is 0.111. The van der Waals surface area contributed by atoms with Crippen LogP contribution in [0.15, 0.2) is 23.0 Å². The van der Waals surface area contributed by atoms with Crippen molar-refractivity contribution in [1.82, 2.24) is 20.3 Å². The van der Waals surface area contributed by atoms with Crippen LogP contribution in [0.4, 0.5) is 0 Å². The van der Waals surface area contributed by atoms with Gasteiger partial charge in [0.25, 0.3) is 0 Å². The summed E-state index contributed by atoms with van der Waals surface area (Å²) in [4.78, 5) is 12.0. The lowest BCUT2D eigenvalue weighted by Gasteiger charge is -2.41. The molecule has 7 nitrogen and oxygen atoms in total. The Bertz CT molecular complexity index is 648. The second-order valence-electron chi connectivity index (χ2n) is 5.57. The van der Waals surface area contributed by atoms with E-state index < -0.39 is 6.10 Å². The number of nitrogens with one attached hydrogen (secondary N) is 1. The Kier molecular flexibility index (Phi) is 3.50. The second-order valence-corrected chi connectivity index (χ2v) is 5.57. The zero-order valence-electron chi connectivity index (χ0n) is 12.0. The van der Waals surface area contributed by atoms with Gasteiger partial charge in [-0.25, -0.2) is 0 Å². The molecule has 2 heterocycles. The minimum Gasteiger partial charge on any atom is -0.391 e. The zero-order valence-corrected chi connectivity index (χ0v) is 12.0. The van der Waals surface area contributed by atoms with Gasteiger partial charge in [-0.05, 0) is 25.8 Å². The van der Waals surface area contributed by atoms with Gasteiger partial charge >= 0.3 is 0 Å². The van der Waals surface area contributed by atoms with Crippen molar-refractivity contribution in [1.29, 1.82) is 0 Å². The van der Waals surface area contributed by atoms with E-state index in [0.29, 0.717) is 17.9 Å². The molecule has 0 aliphatic heterocycles. The van der Waals surface area contributed by atoms with E-state index in [0.717, 1.165) is 5.56 Å². The van der Waals surface area contributed by atoms with E-state index >= 15 is 0 Å². The zero-order chi connectivity index (χ0) is 15.0. The molecule has 0 radical (unpaired) electrons. The summed E-state index contributed by atoms with van der Waals surface area (Å²) in [6.07, 6.45) is 3.83. The monoisotopic (exact) mass is 290 g/mol. The van der Waals surface area contributed by atoms with Crippen LogP contribution in [0, 0.1) is 13.8 Å². The molecule has 1 aliphatic rings. The number of aromatic nitrogens is 3. The molecule has 7 heteroatoms. The minimum atomic E-state index is -0.483. The highest BCUT2D eigenvalue weighted by Crippen LogP contribution is 2.32. The number of aliphatic hydroxyl groups excluding tert-OH is 1. The van der Waals surface area contributed by atoms with Crippen LogP contribution in [0.2, 0.25) is 0 Å². The Morgan fingerprint density at radius 1 is 1.57 bits per heavy atom. The molecule has 21 heavy (non-hydrogen) atoms. The summed E-state index contributed by atoms with van der Waals surface area (Å²) in [5.74, 6) is 0.552. The number of nitrogens with zero attached hydrogens (tertiary/aromatic N) is 3. The average molecular weight is 290 g/mol. The molecule has 0 aromatic carbocycles. The maximum absolute atomic E-state index is 12.0. The predicted molar refractivity (Wildman–Crippen MR) is 73.5 cm³/mol. The van der Waals surface area contributed by atoms with Crippen molar-refractivity contribution in [3.05, 3.63) is 35.5 Å². The Hall–Kier alpha value is -2.15. The van der Waals surface area contributed by atoms with E-state index in [1.54, 1.807) is 23.9 Å². The van der Waals surface area contributed by atoms with Crippen molar-refractivity contribution >= 4 is 5.91 Å². The standard InChI is InChI=1S/C14H18N4O3/c1-8-6-15-18(7-8)14-11(5-12(14)19)16-13(20)4-10-3-9(2)21-17-10/h3,6-7,11-12,14,19H,4-5H2,1-2H3,(H,16,20)/t11-,12+,14+/m0/s1. The number of carbonyl (C=O) groups is 1. The first-order valence-corrected chi connectivity index (χ1v) is 6.93. The third kappa shape index (κ3) is 2.82. The Balaban J connectivity index is 1.61. The van der Waals surface area contributed by atoms with Crippen LogP contribution >= 0.6 is 0 Å². The Labute approximate surface area is 121 Å². The van der Waals surface area contributed by atoms with E-state index in [9.17, 15) is 9.90 Å². The number of aryl methyl sites for hydroxylation is 2. The number of amides is 1. The Morgan fingerprint density at radius 2 is 2.38 bits per heavy atom. The molecule has 1 saturated carbocycles. The second kappa shape index (κ2) is 5.33. The SMILES string of the molecule is Cc1cnn([C@H]2[C@H](O)C[C@@H]2NC(=O)Cc2cc(C)on2)c1. The van der Waals surface area contributed by atoms with Crippen molar-refractivity contribution in [2.75, 3.05) is 0 Å². The quantitative estimate of drug-likeness (QED) is 0.856. The molecule has 0 saturated heterocycles. The molecule has 0 bridgehead atoms. The lowest BCUT2D eigenvalue weighted by Crippen LogP contribution is -2.56. The number of hydrogen-bond donors (Lipinski definition) is 2. The molecule has 3 atom stereocenters. The van der Waals surface area contributed by atoms with Gasteiger partial charge in [-0.1, -0.05) is 5.16 Å². The molecule has 1 amide bonds. The normalized spacial score (nSPS) is 24.6. The highest BCUT2D eigenvalue weighted by molar-refractivity contribution is 5.78. The van der Waals surface area contributed by atoms with Crippen LogP contribution in [0.1, 0.15) is 29.5 Å². The average Bonchev–Trinajstić information content (AvgIpc) is 2.98. The van der Waals surface area contributed by atoms with Gasteiger partial charge in [-0.3, -0.25) is 9.48 Å². The van der Waals surface area contributed by atoms with Gasteiger partial charge in [-0.15, -0.1) is 0 Å². The molecule has 1 aliphatic carbocycles. The fourth-order valence-corrected chi connectivity index (χ4v) is 2.64. The van der Waals surface area contributed by atoms with Gasteiger partial charge in [-0.2, -0.15) is 5.10 Å². The van der Waals surface area contributed by atoms with Gasteiger partial charge in [0, 0.05) is 12.3 Å². The molecule has 1 fully saturated rings. The van der Waals surface area contributed by atoms with Crippen LogP contribution in [-0.2, 0) is 11.2 Å². The summed E-state index contributed by atoms with van der Waals surface area (Å²) < 4.78 is 6.65. The summed E-state index contributed by atoms with van der Waals surface area (Å²) in [5, 5.41) is 20.8. The first-order chi connectivity index (χ1) is 10.0. The number of carbonyl (C=O) groups excluding carboxylic acids is 1. The van der Waals surface area contributed by atoms with Crippen LogP contribution in [-0.4, -0.2) is 38.1 Å². The first-order valence-electron chi connectivity index (χ1n) is 6.93. The van der Waals surface area contributed by atoms with Crippen LogP contribution in [0.25, 0.3) is 0 Å². The van der Waals surface area contributed by atoms with Gasteiger partial charge in [0.1, 0.15) is 5.76 Å². The first kappa shape index (κ1) is 13.8. The molecule has 0 spiro atoms. The smallest absolute Gasteiger partial charge is 0.226 e. The molecular weight excluding hydrogens is 272 g/mol. The molecule has 2 N–H and O–H groups in total. The van der Waals surface area contributed by atoms with E-state index in [-0.39, 0.29) is 24.4 Å². The summed E-state index contributed by atoms with van der Waals surface area (Å²) in [7, 11) is 0. The number of aliphatic hydroxyl groups is 1. The number of hydrogen-bond acceptors (Lipinski definition) is 5. The third-order valence-electron chi connectivity index (χ3n) is 3.70. The van der Waals surface area contributed by atoms with E-state index in [2.05, 4.69) is 15.6 Å². The topological polar surface area (TPSA) is 93.2 Å². The Morgan fingerprint density at radius 3 is 2.95 bits per heavy atom. The summed E-state index contributed by atoms with van der Waals surface area (Å²) in [6.45, 7) is 3.72. The van der Waals surface area contributed by atoms with Crippen LogP contribution in [0.5, 0.6) is 0 Å². The molecule has 0 unspecified atom stereocenters. The van der Waals surface area contributed by atoms with Gasteiger partial charge < -0.3 is 14.9 Å². The van der Waals surface area contributed by atoms with Crippen LogP contribution < -0.4 is 5.32 Å². The van der Waals surface area contributed by atoms with E-state index in [1.807, 2.05) is 13.1 Å². The summed E-state index contributed by atoms with van der Waals surface area (Å²) >= 11 is 0. The van der Waals surface area contributed by atoms with Crippen molar-refractivity contribution in [2.45, 2.75) is 44.9 Å².